The van der Waals surface area contributed by atoms with Crippen LogP contribution in [0.5, 0.6) is 0 Å². The summed E-state index contributed by atoms with van der Waals surface area (Å²) < 4.78 is 1.92. The van der Waals surface area contributed by atoms with Crippen molar-refractivity contribution < 1.29 is 4.79 Å². The van der Waals surface area contributed by atoms with Crippen LogP contribution in [0.2, 0.25) is 0 Å². The molecule has 1 fully saturated rings. The number of piperidine rings is 1. The second-order valence-corrected chi connectivity index (χ2v) is 7.55. The summed E-state index contributed by atoms with van der Waals surface area (Å²) >= 11 is 5.62. The molecule has 2 aliphatic rings. The number of aromatic nitrogens is 1. The maximum absolute atomic E-state index is 12.1. The maximum Gasteiger partial charge on any atom is 0.250 e. The SMILES string of the molecule is CC(=O)c1ccc(NC(=S)N2C[C@H]3C[C@@H](C2)c2cccc(=O)n2C3)cc1. The molecule has 1 aromatic heterocycles. The quantitative estimate of drug-likeness (QED) is 0.653. The molecule has 3 heterocycles. The number of ketones is 1. The summed E-state index contributed by atoms with van der Waals surface area (Å²) in [7, 11) is 0. The number of nitrogens with one attached hydrogen (secondary N) is 1. The number of carbonyl (C=O) groups excluding carboxylic acids is 1. The van der Waals surface area contributed by atoms with E-state index in [1.54, 1.807) is 25.1 Å². The number of rotatable bonds is 2. The Kier molecular flexibility index (Phi) is 4.36. The lowest BCUT2D eigenvalue weighted by Gasteiger charge is -2.43. The number of hydrogen-bond acceptors (Lipinski definition) is 3. The molecule has 2 atom stereocenters. The Hall–Kier alpha value is -2.47. The van der Waals surface area contributed by atoms with Crippen LogP contribution in [-0.4, -0.2) is 33.5 Å². The van der Waals surface area contributed by atoms with Gasteiger partial charge in [0.15, 0.2) is 10.9 Å². The third kappa shape index (κ3) is 3.17. The molecule has 26 heavy (non-hydrogen) atoms. The van der Waals surface area contributed by atoms with Crippen LogP contribution < -0.4 is 10.9 Å². The van der Waals surface area contributed by atoms with E-state index in [0.717, 1.165) is 37.4 Å². The van der Waals surface area contributed by atoms with E-state index in [9.17, 15) is 9.59 Å². The van der Waals surface area contributed by atoms with E-state index in [1.165, 1.54) is 0 Å². The lowest BCUT2D eigenvalue weighted by Crippen LogP contribution is -2.50. The fourth-order valence-electron chi connectivity index (χ4n) is 4.05. The average Bonchev–Trinajstić information content (AvgIpc) is 2.63. The van der Waals surface area contributed by atoms with Gasteiger partial charge in [0.1, 0.15) is 0 Å². The van der Waals surface area contributed by atoms with Gasteiger partial charge in [0.05, 0.1) is 0 Å². The number of benzene rings is 1. The molecule has 4 rings (SSSR count). The number of thiocarbonyl (C=S) groups is 1. The summed E-state index contributed by atoms with van der Waals surface area (Å²) in [6.45, 7) is 3.99. The number of carbonyl (C=O) groups is 1. The lowest BCUT2D eigenvalue weighted by molar-refractivity contribution is 0.101. The smallest absolute Gasteiger partial charge is 0.250 e. The molecule has 2 aromatic rings. The van der Waals surface area contributed by atoms with Gasteiger partial charge in [0, 0.05) is 48.6 Å². The molecule has 2 aliphatic heterocycles. The summed E-state index contributed by atoms with van der Waals surface area (Å²) in [5.74, 6) is 0.814. The first-order valence-corrected chi connectivity index (χ1v) is 9.29. The lowest BCUT2D eigenvalue weighted by atomic mass is 9.83. The first kappa shape index (κ1) is 17.0. The second kappa shape index (κ2) is 6.68. The highest BCUT2D eigenvalue weighted by Crippen LogP contribution is 2.35. The molecular formula is C20H21N3O2S. The van der Waals surface area contributed by atoms with Gasteiger partial charge in [-0.25, -0.2) is 0 Å². The summed E-state index contributed by atoms with van der Waals surface area (Å²) in [6.07, 6.45) is 1.11. The van der Waals surface area contributed by atoms with Crippen molar-refractivity contribution in [3.8, 4) is 0 Å². The minimum absolute atomic E-state index is 0.0527. The van der Waals surface area contributed by atoms with E-state index in [1.807, 2.05) is 22.8 Å². The zero-order chi connectivity index (χ0) is 18.3. The highest BCUT2D eigenvalue weighted by Gasteiger charge is 2.35. The van der Waals surface area contributed by atoms with Crippen molar-refractivity contribution in [2.45, 2.75) is 25.8 Å². The van der Waals surface area contributed by atoms with Gasteiger partial charge in [0.2, 0.25) is 0 Å². The van der Waals surface area contributed by atoms with Crippen LogP contribution in [-0.2, 0) is 6.54 Å². The molecule has 0 unspecified atom stereocenters. The zero-order valence-corrected chi connectivity index (χ0v) is 15.5. The van der Waals surface area contributed by atoms with Crippen molar-refractivity contribution >= 4 is 28.8 Å². The van der Waals surface area contributed by atoms with E-state index >= 15 is 0 Å². The molecule has 1 aromatic carbocycles. The highest BCUT2D eigenvalue weighted by molar-refractivity contribution is 7.80. The van der Waals surface area contributed by atoms with Gasteiger partial charge in [-0.15, -0.1) is 0 Å². The number of hydrogen-bond donors (Lipinski definition) is 1. The maximum atomic E-state index is 12.1. The fraction of sp³-hybridized carbons (Fsp3) is 0.350. The molecule has 6 heteroatoms. The summed E-state index contributed by atoms with van der Waals surface area (Å²) in [5, 5.41) is 3.98. The first-order chi connectivity index (χ1) is 12.5. The third-order valence-electron chi connectivity index (χ3n) is 5.31. The van der Waals surface area contributed by atoms with Gasteiger partial charge in [-0.3, -0.25) is 9.59 Å². The summed E-state index contributed by atoms with van der Waals surface area (Å²) in [5.41, 5.74) is 2.78. The van der Waals surface area contributed by atoms with E-state index in [0.29, 0.717) is 22.5 Å². The Morgan fingerprint density at radius 2 is 1.88 bits per heavy atom. The Balaban J connectivity index is 1.49. The van der Waals surface area contributed by atoms with Crippen molar-refractivity contribution in [2.75, 3.05) is 18.4 Å². The van der Waals surface area contributed by atoms with Crippen LogP contribution in [0.1, 0.15) is 35.3 Å². The second-order valence-electron chi connectivity index (χ2n) is 7.17. The molecule has 0 saturated carbocycles. The number of fused-ring (bicyclic) bond motifs is 4. The van der Waals surface area contributed by atoms with Crippen LogP contribution >= 0.6 is 12.2 Å². The number of likely N-dealkylation sites (tertiary alicyclic amines) is 1. The molecule has 134 valence electrons. The Bertz CT molecular complexity index is 919. The van der Waals surface area contributed by atoms with Gasteiger partial charge < -0.3 is 14.8 Å². The van der Waals surface area contributed by atoms with Crippen molar-refractivity contribution in [3.05, 3.63) is 64.1 Å². The normalized spacial score (nSPS) is 21.0. The van der Waals surface area contributed by atoms with Crippen molar-refractivity contribution in [2.24, 2.45) is 5.92 Å². The highest BCUT2D eigenvalue weighted by atomic mass is 32.1. The van der Waals surface area contributed by atoms with Crippen molar-refractivity contribution in [1.29, 1.82) is 0 Å². The minimum Gasteiger partial charge on any atom is -0.348 e. The van der Waals surface area contributed by atoms with Crippen molar-refractivity contribution in [1.82, 2.24) is 9.47 Å². The molecule has 0 aliphatic carbocycles. The van der Waals surface area contributed by atoms with Crippen LogP contribution in [0.15, 0.2) is 47.3 Å². The van der Waals surface area contributed by atoms with Crippen LogP contribution in [0.25, 0.3) is 0 Å². The van der Waals surface area contributed by atoms with Crippen LogP contribution in [0.3, 0.4) is 0 Å². The van der Waals surface area contributed by atoms with E-state index < -0.39 is 0 Å². The summed E-state index contributed by atoms with van der Waals surface area (Å²) in [4.78, 5) is 25.7. The standard InChI is InChI=1S/C20H21N3O2S/c1-13(24)15-5-7-17(8-6-15)21-20(26)22-10-14-9-16(12-22)18-3-2-4-19(25)23(18)11-14/h2-8,14,16H,9-12H2,1H3,(H,21,26)/t14-,16+/m1/s1. The number of Topliss-reactive ketones (excluding diaryl/α,β-unsaturated/α-hetero) is 1. The zero-order valence-electron chi connectivity index (χ0n) is 14.6. The number of nitrogens with zero attached hydrogens (tertiary/aromatic N) is 2. The Morgan fingerprint density at radius 1 is 1.12 bits per heavy atom. The molecular weight excluding hydrogens is 346 g/mol. The topological polar surface area (TPSA) is 54.3 Å². The van der Waals surface area contributed by atoms with Gasteiger partial charge >= 0.3 is 0 Å². The van der Waals surface area contributed by atoms with E-state index in [4.69, 9.17) is 12.2 Å². The van der Waals surface area contributed by atoms with E-state index in [2.05, 4.69) is 16.3 Å². The predicted molar refractivity (Wildman–Crippen MR) is 106 cm³/mol. The van der Waals surface area contributed by atoms with Crippen LogP contribution in [0.4, 0.5) is 5.69 Å². The number of pyridine rings is 1. The monoisotopic (exact) mass is 367 g/mol. The first-order valence-electron chi connectivity index (χ1n) is 8.88. The summed E-state index contributed by atoms with van der Waals surface area (Å²) in [6, 6.07) is 12.9. The fourth-order valence-corrected chi connectivity index (χ4v) is 4.32. The molecule has 1 saturated heterocycles. The molecule has 5 nitrogen and oxygen atoms in total. The Labute approximate surface area is 157 Å². The molecule has 0 spiro atoms. The average molecular weight is 367 g/mol. The minimum atomic E-state index is 0.0527. The van der Waals surface area contributed by atoms with Gasteiger partial charge in [0.25, 0.3) is 5.56 Å². The largest absolute Gasteiger partial charge is 0.348 e. The predicted octanol–water partition coefficient (Wildman–Crippen LogP) is 2.87. The van der Waals surface area contributed by atoms with E-state index in [-0.39, 0.29) is 11.3 Å². The molecule has 1 N–H and O–H groups in total. The number of anilines is 1. The Morgan fingerprint density at radius 3 is 2.62 bits per heavy atom. The molecule has 0 amide bonds. The molecule has 2 bridgehead atoms. The van der Waals surface area contributed by atoms with Gasteiger partial charge in [-0.2, -0.15) is 0 Å². The van der Waals surface area contributed by atoms with Gasteiger partial charge in [-0.1, -0.05) is 6.07 Å². The third-order valence-corrected chi connectivity index (χ3v) is 5.67. The van der Waals surface area contributed by atoms with Gasteiger partial charge in [-0.05, 0) is 61.8 Å². The van der Waals surface area contributed by atoms with Crippen LogP contribution in [0, 0.1) is 5.92 Å². The molecule has 0 radical (unpaired) electrons. The van der Waals surface area contributed by atoms with Crippen molar-refractivity contribution in [3.63, 3.8) is 0 Å².